The van der Waals surface area contributed by atoms with E-state index in [1.54, 1.807) is 31.3 Å². The van der Waals surface area contributed by atoms with Gasteiger partial charge in [-0.1, -0.05) is 17.7 Å². The third kappa shape index (κ3) is 3.80. The second kappa shape index (κ2) is 7.13. The van der Waals surface area contributed by atoms with Crippen LogP contribution in [0.1, 0.15) is 28.4 Å². The van der Waals surface area contributed by atoms with E-state index in [1.165, 1.54) is 27.6 Å². The molecule has 3 rings (SSSR count). The molecule has 0 radical (unpaired) electrons. The summed E-state index contributed by atoms with van der Waals surface area (Å²) >= 11 is 6.04. The van der Waals surface area contributed by atoms with Gasteiger partial charge in [-0.3, -0.25) is 9.10 Å². The van der Waals surface area contributed by atoms with Crippen molar-refractivity contribution in [2.45, 2.75) is 25.9 Å². The number of nitrogens with zero attached hydrogens (tertiary/aromatic N) is 2. The third-order valence-corrected chi connectivity index (χ3v) is 6.27. The topological polar surface area (TPSA) is 57.7 Å². The highest BCUT2D eigenvalue weighted by atomic mass is 35.5. The molecule has 0 aromatic heterocycles. The Bertz CT molecular complexity index is 990. The number of benzene rings is 2. The second-order valence-electron chi connectivity index (χ2n) is 6.82. The van der Waals surface area contributed by atoms with Crippen molar-refractivity contribution < 1.29 is 17.6 Å². The van der Waals surface area contributed by atoms with E-state index in [-0.39, 0.29) is 29.1 Å². The zero-order valence-electron chi connectivity index (χ0n) is 15.2. The maximum absolute atomic E-state index is 14.0. The predicted octanol–water partition coefficient (Wildman–Crippen LogP) is 3.46. The van der Waals surface area contributed by atoms with Gasteiger partial charge in [-0.05, 0) is 49.2 Å². The van der Waals surface area contributed by atoms with Crippen molar-refractivity contribution in [1.29, 1.82) is 0 Å². The molecular formula is C19H20ClFN2O3S. The molecule has 0 aliphatic carbocycles. The number of hydrogen-bond acceptors (Lipinski definition) is 3. The number of carbonyl (C=O) groups is 1. The monoisotopic (exact) mass is 410 g/mol. The summed E-state index contributed by atoms with van der Waals surface area (Å²) in [6, 6.07) is 9.14. The molecule has 27 heavy (non-hydrogen) atoms. The number of anilines is 1. The fourth-order valence-corrected chi connectivity index (χ4v) is 4.94. The zero-order valence-corrected chi connectivity index (χ0v) is 16.8. The molecule has 0 spiro atoms. The Morgan fingerprint density at radius 2 is 2.04 bits per heavy atom. The maximum Gasteiger partial charge on any atom is 0.253 e. The van der Waals surface area contributed by atoms with E-state index in [0.717, 1.165) is 5.56 Å². The molecule has 1 heterocycles. The first kappa shape index (κ1) is 19.6. The van der Waals surface area contributed by atoms with Crippen molar-refractivity contribution in [1.82, 2.24) is 4.90 Å². The van der Waals surface area contributed by atoms with Gasteiger partial charge in [0.15, 0.2) is 0 Å². The average molecular weight is 411 g/mol. The summed E-state index contributed by atoms with van der Waals surface area (Å²) in [5.41, 5.74) is 2.08. The first-order valence-electron chi connectivity index (χ1n) is 8.40. The van der Waals surface area contributed by atoms with Crippen LogP contribution in [0.2, 0.25) is 5.02 Å². The Balaban J connectivity index is 1.86. The lowest BCUT2D eigenvalue weighted by molar-refractivity contribution is 0.0784. The van der Waals surface area contributed by atoms with Gasteiger partial charge in [-0.25, -0.2) is 12.8 Å². The van der Waals surface area contributed by atoms with Crippen molar-refractivity contribution in [2.75, 3.05) is 17.6 Å². The molecule has 144 valence electrons. The molecular weight excluding hydrogens is 391 g/mol. The van der Waals surface area contributed by atoms with Crippen LogP contribution >= 0.6 is 11.6 Å². The molecule has 5 nitrogen and oxygen atoms in total. The Morgan fingerprint density at radius 3 is 2.67 bits per heavy atom. The number of rotatable bonds is 4. The van der Waals surface area contributed by atoms with Gasteiger partial charge in [0, 0.05) is 35.8 Å². The van der Waals surface area contributed by atoms with Gasteiger partial charge in [-0.2, -0.15) is 0 Å². The summed E-state index contributed by atoms with van der Waals surface area (Å²) < 4.78 is 39.4. The smallest absolute Gasteiger partial charge is 0.253 e. The van der Waals surface area contributed by atoms with Crippen LogP contribution in [0.25, 0.3) is 0 Å². The Kier molecular flexibility index (Phi) is 5.18. The average Bonchev–Trinajstić information content (AvgIpc) is 2.92. The van der Waals surface area contributed by atoms with Gasteiger partial charge in [0.1, 0.15) is 5.82 Å². The molecule has 0 fully saturated rings. The van der Waals surface area contributed by atoms with Gasteiger partial charge in [-0.15, -0.1) is 0 Å². The quantitative estimate of drug-likeness (QED) is 0.775. The van der Waals surface area contributed by atoms with E-state index in [4.69, 9.17) is 11.6 Å². The fourth-order valence-electron chi connectivity index (χ4n) is 3.45. The molecule has 0 saturated carbocycles. The van der Waals surface area contributed by atoms with Crippen molar-refractivity contribution in [2.24, 2.45) is 0 Å². The molecule has 2 aromatic rings. The van der Waals surface area contributed by atoms with E-state index in [2.05, 4.69) is 0 Å². The van der Waals surface area contributed by atoms with E-state index < -0.39 is 15.8 Å². The molecule has 8 heteroatoms. The maximum atomic E-state index is 14.0. The number of carbonyl (C=O) groups excluding carboxylic acids is 1. The molecule has 1 aliphatic heterocycles. The van der Waals surface area contributed by atoms with Crippen LogP contribution < -0.4 is 4.31 Å². The highest BCUT2D eigenvalue weighted by Crippen LogP contribution is 2.35. The summed E-state index contributed by atoms with van der Waals surface area (Å²) in [6.45, 7) is 1.86. The van der Waals surface area contributed by atoms with E-state index in [0.29, 0.717) is 17.7 Å². The molecule has 1 aliphatic rings. The van der Waals surface area contributed by atoms with Crippen molar-refractivity contribution in [3.8, 4) is 0 Å². The van der Waals surface area contributed by atoms with Crippen molar-refractivity contribution in [3.63, 3.8) is 0 Å². The van der Waals surface area contributed by atoms with E-state index in [9.17, 15) is 17.6 Å². The standard InChI is InChI=1S/C19H20ClFN2O3S/c1-12-9-14-10-13(7-8-18(14)23(12)27(3,25)26)19(24)22(2)11-15-16(20)5-4-6-17(15)21/h4-8,10,12H,9,11H2,1-3H3/t12-/m1/s1. The summed E-state index contributed by atoms with van der Waals surface area (Å²) in [5.74, 6) is -0.753. The van der Waals surface area contributed by atoms with Crippen molar-refractivity contribution >= 4 is 33.2 Å². The predicted molar refractivity (Wildman–Crippen MR) is 104 cm³/mol. The van der Waals surface area contributed by atoms with Crippen LogP contribution in [0.15, 0.2) is 36.4 Å². The number of fused-ring (bicyclic) bond motifs is 1. The minimum absolute atomic E-state index is 0.0350. The highest BCUT2D eigenvalue weighted by molar-refractivity contribution is 7.92. The summed E-state index contributed by atoms with van der Waals surface area (Å²) in [4.78, 5) is 14.1. The van der Waals surface area contributed by atoms with Crippen LogP contribution in [0, 0.1) is 5.82 Å². The molecule has 1 atom stereocenters. The lowest BCUT2D eigenvalue weighted by Crippen LogP contribution is -2.34. The first-order valence-corrected chi connectivity index (χ1v) is 10.6. The van der Waals surface area contributed by atoms with Gasteiger partial charge in [0.2, 0.25) is 10.0 Å². The molecule has 0 bridgehead atoms. The van der Waals surface area contributed by atoms with Crippen LogP contribution in [-0.2, 0) is 23.0 Å². The largest absolute Gasteiger partial charge is 0.337 e. The summed E-state index contributed by atoms with van der Waals surface area (Å²) in [5, 5.41) is 0.265. The lowest BCUT2D eigenvalue weighted by Gasteiger charge is -2.22. The van der Waals surface area contributed by atoms with Crippen LogP contribution in [0.3, 0.4) is 0 Å². The van der Waals surface area contributed by atoms with Crippen LogP contribution in [0.4, 0.5) is 10.1 Å². The minimum Gasteiger partial charge on any atom is -0.337 e. The number of amides is 1. The Morgan fingerprint density at radius 1 is 1.33 bits per heavy atom. The van der Waals surface area contributed by atoms with Crippen LogP contribution in [-0.4, -0.2) is 38.6 Å². The third-order valence-electron chi connectivity index (χ3n) is 4.64. The van der Waals surface area contributed by atoms with Gasteiger partial charge in [0.25, 0.3) is 5.91 Å². The Labute approximate surface area is 163 Å². The second-order valence-corrected chi connectivity index (χ2v) is 9.08. The van der Waals surface area contributed by atoms with E-state index >= 15 is 0 Å². The van der Waals surface area contributed by atoms with Gasteiger partial charge >= 0.3 is 0 Å². The molecule has 2 aromatic carbocycles. The van der Waals surface area contributed by atoms with Crippen LogP contribution in [0.5, 0.6) is 0 Å². The van der Waals surface area contributed by atoms with Gasteiger partial charge < -0.3 is 4.90 Å². The van der Waals surface area contributed by atoms with Gasteiger partial charge in [0.05, 0.1) is 11.9 Å². The number of sulfonamides is 1. The molecule has 1 amide bonds. The summed E-state index contributed by atoms with van der Waals surface area (Å²) in [7, 11) is -1.81. The SMILES string of the molecule is C[C@@H]1Cc2cc(C(=O)N(C)Cc3c(F)cccc3Cl)ccc2N1S(C)(=O)=O. The first-order chi connectivity index (χ1) is 12.6. The summed E-state index contributed by atoms with van der Waals surface area (Å²) in [6.07, 6.45) is 1.70. The lowest BCUT2D eigenvalue weighted by atomic mass is 10.1. The molecule has 0 unspecified atom stereocenters. The highest BCUT2D eigenvalue weighted by Gasteiger charge is 2.33. The van der Waals surface area contributed by atoms with Crippen molar-refractivity contribution in [3.05, 3.63) is 63.9 Å². The molecule has 0 saturated heterocycles. The zero-order chi connectivity index (χ0) is 19.9. The number of halogens is 2. The van der Waals surface area contributed by atoms with E-state index in [1.807, 2.05) is 6.92 Å². The minimum atomic E-state index is -3.38. The Hall–Kier alpha value is -2.12. The fraction of sp³-hybridized carbons (Fsp3) is 0.316. The normalized spacial score (nSPS) is 16.3. The number of hydrogen-bond donors (Lipinski definition) is 0. The molecule has 0 N–H and O–H groups in total.